The van der Waals surface area contributed by atoms with Gasteiger partial charge in [0.05, 0.1) is 31.2 Å². The quantitative estimate of drug-likeness (QED) is 0.262. The lowest BCUT2D eigenvalue weighted by molar-refractivity contribution is -0.141. The normalized spacial score (nSPS) is 25.4. The Morgan fingerprint density at radius 1 is 1.03 bits per heavy atom. The van der Waals surface area contributed by atoms with E-state index in [9.17, 15) is 27.6 Å². The molecule has 16 nitrogen and oxygen atoms in total. The zero-order valence-corrected chi connectivity index (χ0v) is 35.7. The summed E-state index contributed by atoms with van der Waals surface area (Å²) < 4.78 is 51.6. The van der Waals surface area contributed by atoms with Gasteiger partial charge in [0, 0.05) is 56.1 Å². The zero-order valence-electron chi connectivity index (χ0n) is 34.9. The molecule has 3 N–H and O–H groups in total. The van der Waals surface area contributed by atoms with Crippen molar-refractivity contribution in [1.82, 2.24) is 25.2 Å². The van der Waals surface area contributed by atoms with Crippen LogP contribution in [0.5, 0.6) is 11.6 Å². The number of nitrogens with one attached hydrogen (secondary N) is 3. The van der Waals surface area contributed by atoms with Crippen LogP contribution in [0.3, 0.4) is 0 Å². The van der Waals surface area contributed by atoms with Crippen LogP contribution in [0.1, 0.15) is 59.3 Å². The Morgan fingerprint density at radius 3 is 2.47 bits per heavy atom. The number of carbonyl (C=O) groups is 4. The first-order valence-corrected chi connectivity index (χ1v) is 21.9. The first-order valence-electron chi connectivity index (χ1n) is 20.3. The number of fused-ring (bicyclic) bond motifs is 3. The van der Waals surface area contributed by atoms with Crippen molar-refractivity contribution in [2.75, 3.05) is 45.9 Å². The molecule has 0 spiro atoms. The van der Waals surface area contributed by atoms with Crippen LogP contribution in [-0.4, -0.2) is 118 Å². The van der Waals surface area contributed by atoms with E-state index in [-0.39, 0.29) is 44.9 Å². The van der Waals surface area contributed by atoms with Crippen LogP contribution >= 0.6 is 0 Å². The van der Waals surface area contributed by atoms with Gasteiger partial charge < -0.3 is 39.4 Å². The summed E-state index contributed by atoms with van der Waals surface area (Å²) in [4.78, 5) is 64.4. The van der Waals surface area contributed by atoms with Gasteiger partial charge >= 0.3 is 6.09 Å². The van der Waals surface area contributed by atoms with E-state index in [1.165, 1.54) is 4.90 Å². The number of rotatable bonds is 9. The molecule has 2 saturated carbocycles. The molecule has 0 radical (unpaired) electrons. The SMILES string of the molecule is COc1ccc2c(O[C@@H]3C[C@H]4C(=O)N[C@]5(C(=O)NS(=O)(=O)C6CC6)C[C@H]5/C=C\CCOCC[C@H](NC(=O)OC(C)(C)C)C(=O)N4C3)nc(-c3ccc(N(C)C)cc3)cc2c1. The molecule has 3 aromatic rings. The second-order valence-electron chi connectivity index (χ2n) is 17.1. The molecule has 2 aliphatic heterocycles. The highest BCUT2D eigenvalue weighted by Gasteiger charge is 2.62. The maximum absolute atomic E-state index is 14.6. The number of amides is 4. The highest BCUT2D eigenvalue weighted by molar-refractivity contribution is 7.91. The molecular weight excluding hydrogens is 793 g/mol. The van der Waals surface area contributed by atoms with Gasteiger partial charge in [0.25, 0.3) is 5.91 Å². The number of carbonyl (C=O) groups excluding carboxylic acids is 4. The summed E-state index contributed by atoms with van der Waals surface area (Å²) in [5, 5.41) is 6.37. The van der Waals surface area contributed by atoms with Gasteiger partial charge in [0.1, 0.15) is 35.1 Å². The summed E-state index contributed by atoms with van der Waals surface area (Å²) in [7, 11) is 1.57. The van der Waals surface area contributed by atoms with Crippen LogP contribution in [0, 0.1) is 5.92 Å². The van der Waals surface area contributed by atoms with Crippen molar-refractivity contribution in [2.24, 2.45) is 5.92 Å². The summed E-state index contributed by atoms with van der Waals surface area (Å²) in [5.74, 6) is -1.67. The number of pyridine rings is 1. The monoisotopic (exact) mass is 846 g/mol. The number of hydrogen-bond acceptors (Lipinski definition) is 12. The highest BCUT2D eigenvalue weighted by atomic mass is 32.2. The third-order valence-electron chi connectivity index (χ3n) is 11.1. The average Bonchev–Trinajstić information content (AvgIpc) is 4.12. The first kappa shape index (κ1) is 42.7. The van der Waals surface area contributed by atoms with Crippen LogP contribution in [0.2, 0.25) is 0 Å². The minimum Gasteiger partial charge on any atom is -0.497 e. The van der Waals surface area contributed by atoms with E-state index in [0.29, 0.717) is 36.1 Å². The summed E-state index contributed by atoms with van der Waals surface area (Å²) in [5.41, 5.74) is 0.0592. The fourth-order valence-corrected chi connectivity index (χ4v) is 8.99. The molecule has 7 rings (SSSR count). The van der Waals surface area contributed by atoms with E-state index in [1.54, 1.807) is 40.0 Å². The van der Waals surface area contributed by atoms with Gasteiger partial charge in [-0.1, -0.05) is 24.3 Å². The number of benzene rings is 2. The van der Waals surface area contributed by atoms with E-state index >= 15 is 0 Å². The highest BCUT2D eigenvalue weighted by Crippen LogP contribution is 2.46. The number of anilines is 1. The Labute approximate surface area is 350 Å². The lowest BCUT2D eigenvalue weighted by Crippen LogP contribution is -2.58. The van der Waals surface area contributed by atoms with E-state index in [2.05, 4.69) is 15.4 Å². The van der Waals surface area contributed by atoms with Crippen LogP contribution in [0.4, 0.5) is 10.5 Å². The number of methoxy groups -OCH3 is 1. The molecular formula is C43H54N6O10S. The smallest absolute Gasteiger partial charge is 0.408 e. The largest absolute Gasteiger partial charge is 0.497 e. The lowest BCUT2D eigenvalue weighted by Gasteiger charge is -2.30. The van der Waals surface area contributed by atoms with Gasteiger partial charge in [-0.05, 0) is 88.2 Å². The number of aromatic nitrogens is 1. The first-order chi connectivity index (χ1) is 28.5. The zero-order chi connectivity index (χ0) is 43.0. The molecule has 3 heterocycles. The molecule has 3 fully saturated rings. The predicted molar refractivity (Wildman–Crippen MR) is 224 cm³/mol. The molecule has 2 aromatic carbocycles. The Bertz CT molecular complexity index is 2270. The number of hydrogen-bond donors (Lipinski definition) is 3. The summed E-state index contributed by atoms with van der Waals surface area (Å²) in [6.45, 7) is 5.44. The summed E-state index contributed by atoms with van der Waals surface area (Å²) in [6.07, 6.45) is 3.62. The van der Waals surface area contributed by atoms with Crippen molar-refractivity contribution in [2.45, 2.75) is 93.9 Å². The van der Waals surface area contributed by atoms with Crippen molar-refractivity contribution in [3.05, 3.63) is 60.7 Å². The van der Waals surface area contributed by atoms with Crippen LogP contribution < -0.4 is 29.7 Å². The molecule has 1 saturated heterocycles. The molecule has 4 aliphatic rings. The number of ether oxygens (including phenoxy) is 4. The van der Waals surface area contributed by atoms with E-state index in [0.717, 1.165) is 16.6 Å². The van der Waals surface area contributed by atoms with Crippen molar-refractivity contribution >= 4 is 50.3 Å². The molecule has 60 heavy (non-hydrogen) atoms. The fraction of sp³-hybridized carbons (Fsp3) is 0.512. The maximum Gasteiger partial charge on any atom is 0.408 e. The summed E-state index contributed by atoms with van der Waals surface area (Å²) >= 11 is 0. The molecule has 1 aromatic heterocycles. The van der Waals surface area contributed by atoms with Gasteiger partial charge in [-0.15, -0.1) is 0 Å². The van der Waals surface area contributed by atoms with Crippen LogP contribution in [-0.2, 0) is 33.9 Å². The van der Waals surface area contributed by atoms with Gasteiger partial charge in [-0.25, -0.2) is 18.2 Å². The molecule has 2 aliphatic carbocycles. The molecule has 0 unspecified atom stereocenters. The van der Waals surface area contributed by atoms with Gasteiger partial charge in [0.2, 0.25) is 27.7 Å². The standard InChI is InChI=1S/C43H54N6O10S/c1-42(2,3)59-41(53)45-34-18-20-57-19-8-7-9-28-24-43(28,40(52)47-60(54,55)32-15-16-32)46-37(50)36-23-31(25-49(36)39(34)51)58-38-33-17-14-30(56-6)21-27(33)22-35(44-38)26-10-12-29(13-11-26)48(4)5/h7,9-14,17,21-22,28,31-32,34,36H,8,15-16,18-20,23-25H2,1-6H3,(H,45,53)(H,46,50)(H,47,52)/b9-7-/t28-,31-,34+,36+,43-/m1/s1. The maximum atomic E-state index is 14.6. The van der Waals surface area contributed by atoms with Gasteiger partial charge in [-0.2, -0.15) is 0 Å². The van der Waals surface area contributed by atoms with E-state index in [1.807, 2.05) is 67.5 Å². The predicted octanol–water partition coefficient (Wildman–Crippen LogP) is 4.07. The fourth-order valence-electron chi connectivity index (χ4n) is 7.62. The lowest BCUT2D eigenvalue weighted by atomic mass is 10.1. The van der Waals surface area contributed by atoms with Crippen molar-refractivity contribution < 1.29 is 46.5 Å². The average molecular weight is 847 g/mol. The Balaban J connectivity index is 1.23. The topological polar surface area (TPSA) is 195 Å². The minimum absolute atomic E-state index is 0.00705. The third-order valence-corrected chi connectivity index (χ3v) is 12.9. The Kier molecular flexibility index (Phi) is 12.0. The Hall–Kier alpha value is -5.42. The van der Waals surface area contributed by atoms with Crippen LogP contribution in [0.15, 0.2) is 60.7 Å². The van der Waals surface area contributed by atoms with Crippen molar-refractivity contribution in [1.29, 1.82) is 0 Å². The molecule has 322 valence electrons. The van der Waals surface area contributed by atoms with Crippen LogP contribution in [0.25, 0.3) is 22.0 Å². The van der Waals surface area contributed by atoms with E-state index in [4.69, 9.17) is 23.9 Å². The van der Waals surface area contributed by atoms with Gasteiger partial charge in [-0.3, -0.25) is 19.1 Å². The second kappa shape index (κ2) is 16.9. The Morgan fingerprint density at radius 2 is 1.78 bits per heavy atom. The molecule has 5 atom stereocenters. The van der Waals surface area contributed by atoms with Crippen molar-refractivity contribution in [3.63, 3.8) is 0 Å². The van der Waals surface area contributed by atoms with E-state index < -0.39 is 74.3 Å². The number of sulfonamides is 1. The molecule has 4 amide bonds. The van der Waals surface area contributed by atoms with Gasteiger partial charge in [0.15, 0.2) is 0 Å². The number of alkyl carbamates (subject to hydrolysis) is 1. The number of nitrogens with zero attached hydrogens (tertiary/aromatic N) is 3. The molecule has 0 bridgehead atoms. The second-order valence-corrected chi connectivity index (χ2v) is 19.0. The van der Waals surface area contributed by atoms with Crippen molar-refractivity contribution in [3.8, 4) is 22.9 Å². The molecule has 17 heteroatoms. The summed E-state index contributed by atoms with van der Waals surface area (Å²) in [6, 6.07) is 13.0. The minimum atomic E-state index is -3.93. The third kappa shape index (κ3) is 9.62.